The topological polar surface area (TPSA) is 75.6 Å². The summed E-state index contributed by atoms with van der Waals surface area (Å²) in [6.45, 7) is -0.258. The first kappa shape index (κ1) is 16.5. The maximum Gasteiger partial charge on any atom is 0.336 e. The van der Waals surface area contributed by atoms with Gasteiger partial charge in [-0.15, -0.1) is 0 Å². The Bertz CT molecular complexity index is 510. The number of rotatable bonds is 4. The van der Waals surface area contributed by atoms with Crippen molar-refractivity contribution in [2.75, 3.05) is 13.7 Å². The van der Waals surface area contributed by atoms with Crippen LogP contribution in [0.1, 0.15) is 10.4 Å². The van der Waals surface area contributed by atoms with Gasteiger partial charge in [-0.05, 0) is 34.7 Å². The van der Waals surface area contributed by atoms with Crippen LogP contribution in [0, 0.1) is 3.57 Å². The van der Waals surface area contributed by atoms with E-state index in [2.05, 4.69) is 10.1 Å². The lowest BCUT2D eigenvalue weighted by Crippen LogP contribution is -2.37. The number of aliphatic hydroxyl groups is 1. The first-order valence-electron chi connectivity index (χ1n) is 5.05. The number of benzene rings is 1. The van der Waals surface area contributed by atoms with Gasteiger partial charge in [-0.2, -0.15) is 0 Å². The average molecular weight is 418 g/mol. The van der Waals surface area contributed by atoms with Gasteiger partial charge < -0.3 is 15.2 Å². The third-order valence-corrected chi connectivity index (χ3v) is 4.16. The lowest BCUT2D eigenvalue weighted by molar-refractivity contribution is -0.149. The molecule has 0 heterocycles. The molecule has 0 fully saturated rings. The predicted molar refractivity (Wildman–Crippen MR) is 79.5 cm³/mol. The van der Waals surface area contributed by atoms with Crippen LogP contribution in [0.5, 0.6) is 0 Å². The van der Waals surface area contributed by atoms with Gasteiger partial charge >= 0.3 is 5.97 Å². The lowest BCUT2D eigenvalue weighted by Gasteiger charge is -2.11. The Morgan fingerprint density at radius 3 is 2.68 bits per heavy atom. The Labute approximate surface area is 133 Å². The van der Waals surface area contributed by atoms with Gasteiger partial charge in [-0.3, -0.25) is 4.79 Å². The van der Waals surface area contributed by atoms with Crippen LogP contribution in [0.4, 0.5) is 0 Å². The number of carbonyl (C=O) groups is 2. The summed E-state index contributed by atoms with van der Waals surface area (Å²) in [4.78, 5) is 22.9. The molecule has 0 radical (unpaired) electrons. The monoisotopic (exact) mass is 417 g/mol. The average Bonchev–Trinajstić information content (AvgIpc) is 2.38. The van der Waals surface area contributed by atoms with Crippen molar-refractivity contribution in [2.24, 2.45) is 0 Å². The molecule has 1 aromatic carbocycles. The van der Waals surface area contributed by atoms with Crippen LogP contribution < -0.4 is 5.32 Å². The minimum Gasteiger partial charge on any atom is -0.467 e. The number of hydrogen-bond acceptors (Lipinski definition) is 4. The summed E-state index contributed by atoms with van der Waals surface area (Å²) in [5.74, 6) is -1.31. The van der Waals surface area contributed by atoms with Gasteiger partial charge in [0.1, 0.15) is 0 Å². The Balaban J connectivity index is 2.77. The summed E-state index contributed by atoms with van der Waals surface area (Å²) in [5, 5.41) is 12.4. The van der Waals surface area contributed by atoms with Gasteiger partial charge in [0.05, 0.1) is 24.2 Å². The fraction of sp³-hybridized carbons (Fsp3) is 0.273. The highest BCUT2D eigenvalue weighted by atomic mass is 127. The number of esters is 1. The van der Waals surface area contributed by atoms with E-state index >= 15 is 0 Å². The first-order chi connectivity index (χ1) is 8.86. The minimum atomic E-state index is -1.42. The summed E-state index contributed by atoms with van der Waals surface area (Å²) < 4.78 is 4.86. The highest BCUT2D eigenvalue weighted by molar-refractivity contribution is 14.1. The zero-order chi connectivity index (χ0) is 14.6. The second-order valence-corrected chi connectivity index (χ2v) is 5.42. The Kier molecular flexibility index (Phi) is 6.31. The van der Waals surface area contributed by atoms with Crippen LogP contribution in [0.25, 0.3) is 0 Å². The van der Waals surface area contributed by atoms with E-state index in [9.17, 15) is 14.7 Å². The van der Waals surface area contributed by atoms with E-state index in [1.807, 2.05) is 22.6 Å². The van der Waals surface area contributed by atoms with Gasteiger partial charge in [0.15, 0.2) is 6.10 Å². The molecule has 0 spiro atoms. The Morgan fingerprint density at radius 1 is 1.47 bits per heavy atom. The van der Waals surface area contributed by atoms with Crippen molar-refractivity contribution >= 4 is 57.7 Å². The summed E-state index contributed by atoms with van der Waals surface area (Å²) in [6.07, 6.45) is -1.42. The van der Waals surface area contributed by atoms with Crippen molar-refractivity contribution in [3.05, 3.63) is 31.3 Å². The SMILES string of the molecule is COC(=O)C(O)CNC(=O)c1cc(Cl)cc(Cl)c1I. The van der Waals surface area contributed by atoms with E-state index in [0.717, 1.165) is 7.11 Å². The minimum absolute atomic E-state index is 0.258. The van der Waals surface area contributed by atoms with E-state index in [0.29, 0.717) is 13.6 Å². The van der Waals surface area contributed by atoms with Gasteiger partial charge in [0.2, 0.25) is 0 Å². The number of nitrogens with one attached hydrogen (secondary N) is 1. The maximum atomic E-state index is 11.9. The molecule has 5 nitrogen and oxygen atoms in total. The molecule has 19 heavy (non-hydrogen) atoms. The molecular formula is C11H10Cl2INO4. The zero-order valence-electron chi connectivity index (χ0n) is 9.75. The van der Waals surface area contributed by atoms with Gasteiger partial charge in [-0.25, -0.2) is 4.79 Å². The fourth-order valence-electron chi connectivity index (χ4n) is 1.23. The van der Waals surface area contributed by atoms with Crippen LogP contribution >= 0.6 is 45.8 Å². The molecular weight excluding hydrogens is 408 g/mol. The fourth-order valence-corrected chi connectivity index (χ4v) is 2.27. The number of hydrogen-bond donors (Lipinski definition) is 2. The molecule has 1 rings (SSSR count). The van der Waals surface area contributed by atoms with Crippen LogP contribution in [0.15, 0.2) is 12.1 Å². The highest BCUT2D eigenvalue weighted by Crippen LogP contribution is 2.26. The highest BCUT2D eigenvalue weighted by Gasteiger charge is 2.19. The van der Waals surface area contributed by atoms with Crippen molar-refractivity contribution in [1.82, 2.24) is 5.32 Å². The van der Waals surface area contributed by atoms with Crippen molar-refractivity contribution in [3.63, 3.8) is 0 Å². The van der Waals surface area contributed by atoms with Crippen molar-refractivity contribution in [2.45, 2.75) is 6.10 Å². The van der Waals surface area contributed by atoms with E-state index in [4.69, 9.17) is 23.2 Å². The van der Waals surface area contributed by atoms with E-state index in [-0.39, 0.29) is 12.1 Å². The second-order valence-electron chi connectivity index (χ2n) is 3.50. The number of aliphatic hydroxyl groups excluding tert-OH is 1. The number of ether oxygens (including phenoxy) is 1. The molecule has 0 aromatic heterocycles. The molecule has 0 aliphatic carbocycles. The summed E-state index contributed by atoms with van der Waals surface area (Å²) in [7, 11) is 1.15. The van der Waals surface area contributed by atoms with E-state index in [1.54, 1.807) is 0 Å². The number of carbonyl (C=O) groups excluding carboxylic acids is 2. The largest absolute Gasteiger partial charge is 0.467 e. The predicted octanol–water partition coefficient (Wildman–Crippen LogP) is 1.86. The molecule has 1 unspecified atom stereocenters. The van der Waals surface area contributed by atoms with E-state index < -0.39 is 18.0 Å². The third-order valence-electron chi connectivity index (χ3n) is 2.17. The van der Waals surface area contributed by atoms with Gasteiger partial charge in [0, 0.05) is 8.59 Å². The molecule has 1 atom stereocenters. The van der Waals surface area contributed by atoms with Crippen molar-refractivity contribution < 1.29 is 19.4 Å². The third kappa shape index (κ3) is 4.48. The number of halogens is 3. The van der Waals surface area contributed by atoms with Crippen LogP contribution in [-0.4, -0.2) is 36.7 Å². The molecule has 0 saturated heterocycles. The maximum absolute atomic E-state index is 11.9. The lowest BCUT2D eigenvalue weighted by atomic mass is 10.2. The smallest absolute Gasteiger partial charge is 0.336 e. The second kappa shape index (κ2) is 7.28. The molecule has 0 bridgehead atoms. The Hall–Kier alpha value is -0.570. The molecule has 1 amide bonds. The molecule has 0 saturated carbocycles. The Morgan fingerprint density at radius 2 is 2.11 bits per heavy atom. The standard InChI is InChI=1S/C11H10Cl2INO4/c1-19-11(18)8(16)4-15-10(17)6-2-5(12)3-7(13)9(6)14/h2-3,8,16H,4H2,1H3,(H,15,17). The molecule has 0 aliphatic heterocycles. The number of methoxy groups -OCH3 is 1. The molecule has 1 aromatic rings. The molecule has 0 aliphatic rings. The molecule has 104 valence electrons. The quantitative estimate of drug-likeness (QED) is 0.445. The van der Waals surface area contributed by atoms with Crippen molar-refractivity contribution in [3.8, 4) is 0 Å². The van der Waals surface area contributed by atoms with Gasteiger partial charge in [0.25, 0.3) is 5.91 Å². The van der Waals surface area contributed by atoms with Crippen LogP contribution in [-0.2, 0) is 9.53 Å². The normalized spacial score (nSPS) is 11.8. The summed E-state index contributed by atoms with van der Waals surface area (Å²) in [6, 6.07) is 2.97. The summed E-state index contributed by atoms with van der Waals surface area (Å²) >= 11 is 13.6. The van der Waals surface area contributed by atoms with Crippen molar-refractivity contribution in [1.29, 1.82) is 0 Å². The zero-order valence-corrected chi connectivity index (χ0v) is 13.4. The van der Waals surface area contributed by atoms with Crippen LogP contribution in [0.2, 0.25) is 10.0 Å². The van der Waals surface area contributed by atoms with Crippen LogP contribution in [0.3, 0.4) is 0 Å². The first-order valence-corrected chi connectivity index (χ1v) is 6.89. The number of amides is 1. The molecule has 8 heteroatoms. The molecule has 2 N–H and O–H groups in total. The summed E-state index contributed by atoms with van der Waals surface area (Å²) in [5.41, 5.74) is 0.273. The van der Waals surface area contributed by atoms with E-state index in [1.165, 1.54) is 12.1 Å². The van der Waals surface area contributed by atoms with Gasteiger partial charge in [-0.1, -0.05) is 23.2 Å².